The summed E-state index contributed by atoms with van der Waals surface area (Å²) in [5.41, 5.74) is 5.61. The van der Waals surface area contributed by atoms with Gasteiger partial charge in [0.15, 0.2) is 11.6 Å². The average molecular weight is 306 g/mol. The largest absolute Gasteiger partial charge is 0.380 e. The van der Waals surface area contributed by atoms with Gasteiger partial charge in [-0.25, -0.2) is 0 Å². The maximum Gasteiger partial charge on any atom is 0.180 e. The first-order valence-electron chi connectivity index (χ1n) is 5.17. The van der Waals surface area contributed by atoms with Crippen LogP contribution in [0, 0.1) is 9.49 Å². The SMILES string of the molecule is Nc1noc(CCC2CCCC2)c1I. The maximum absolute atomic E-state index is 5.61. The van der Waals surface area contributed by atoms with Crippen molar-refractivity contribution in [2.24, 2.45) is 5.92 Å². The van der Waals surface area contributed by atoms with Gasteiger partial charge in [0.1, 0.15) is 0 Å². The van der Waals surface area contributed by atoms with E-state index in [9.17, 15) is 0 Å². The highest BCUT2D eigenvalue weighted by atomic mass is 127. The van der Waals surface area contributed by atoms with Crippen molar-refractivity contribution in [1.29, 1.82) is 0 Å². The Balaban J connectivity index is 1.88. The van der Waals surface area contributed by atoms with E-state index in [0.717, 1.165) is 21.7 Å². The van der Waals surface area contributed by atoms with Crippen LogP contribution in [0.3, 0.4) is 0 Å². The third-order valence-electron chi connectivity index (χ3n) is 2.98. The van der Waals surface area contributed by atoms with E-state index in [1.54, 1.807) is 0 Å². The molecule has 1 aromatic heterocycles. The molecule has 0 radical (unpaired) electrons. The first-order valence-corrected chi connectivity index (χ1v) is 6.25. The second-order valence-electron chi connectivity index (χ2n) is 3.99. The molecule has 0 aliphatic heterocycles. The summed E-state index contributed by atoms with van der Waals surface area (Å²) in [5.74, 6) is 2.40. The van der Waals surface area contributed by atoms with Gasteiger partial charge in [-0.05, 0) is 34.9 Å². The fourth-order valence-electron chi connectivity index (χ4n) is 2.12. The smallest absolute Gasteiger partial charge is 0.180 e. The van der Waals surface area contributed by atoms with E-state index in [-0.39, 0.29) is 0 Å². The second-order valence-corrected chi connectivity index (χ2v) is 5.07. The summed E-state index contributed by atoms with van der Waals surface area (Å²) < 4.78 is 6.17. The third-order valence-corrected chi connectivity index (χ3v) is 4.13. The van der Waals surface area contributed by atoms with E-state index < -0.39 is 0 Å². The minimum absolute atomic E-state index is 0.534. The van der Waals surface area contributed by atoms with Gasteiger partial charge in [0.05, 0.1) is 3.57 Å². The van der Waals surface area contributed by atoms with Crippen LogP contribution in [0.15, 0.2) is 4.52 Å². The standard InChI is InChI=1S/C10H15IN2O/c11-9-8(14-13-10(9)12)6-5-7-3-1-2-4-7/h7H,1-6H2,(H2,12,13). The highest BCUT2D eigenvalue weighted by Gasteiger charge is 2.17. The van der Waals surface area contributed by atoms with Gasteiger partial charge in [-0.2, -0.15) is 0 Å². The summed E-state index contributed by atoms with van der Waals surface area (Å²) in [5, 5.41) is 3.76. The number of hydrogen-bond acceptors (Lipinski definition) is 3. The monoisotopic (exact) mass is 306 g/mol. The molecule has 1 aliphatic carbocycles. The number of halogens is 1. The molecule has 0 aromatic carbocycles. The Morgan fingerprint density at radius 2 is 2.14 bits per heavy atom. The normalized spacial score (nSPS) is 17.8. The van der Waals surface area contributed by atoms with Gasteiger partial charge < -0.3 is 10.3 Å². The van der Waals surface area contributed by atoms with Crippen molar-refractivity contribution in [3.63, 3.8) is 0 Å². The molecule has 1 aliphatic rings. The Morgan fingerprint density at radius 3 is 2.71 bits per heavy atom. The van der Waals surface area contributed by atoms with Crippen LogP contribution in [0.5, 0.6) is 0 Å². The molecule has 0 unspecified atom stereocenters. The molecule has 0 amide bonds. The lowest BCUT2D eigenvalue weighted by Crippen LogP contribution is -1.96. The molecule has 2 rings (SSSR count). The van der Waals surface area contributed by atoms with Crippen molar-refractivity contribution in [3.05, 3.63) is 9.33 Å². The van der Waals surface area contributed by atoms with Crippen LogP contribution in [0.25, 0.3) is 0 Å². The van der Waals surface area contributed by atoms with Gasteiger partial charge in [-0.3, -0.25) is 0 Å². The van der Waals surface area contributed by atoms with E-state index in [1.165, 1.54) is 32.1 Å². The summed E-state index contributed by atoms with van der Waals surface area (Å²) in [7, 11) is 0. The van der Waals surface area contributed by atoms with Crippen LogP contribution in [-0.2, 0) is 6.42 Å². The highest BCUT2D eigenvalue weighted by Crippen LogP contribution is 2.30. The molecule has 1 saturated carbocycles. The van der Waals surface area contributed by atoms with E-state index in [0.29, 0.717) is 5.82 Å². The summed E-state index contributed by atoms with van der Waals surface area (Å²) in [6.07, 6.45) is 7.80. The minimum Gasteiger partial charge on any atom is -0.380 e. The number of rotatable bonds is 3. The molecule has 0 bridgehead atoms. The number of aryl methyl sites for hydroxylation is 1. The Bertz CT molecular complexity index is 305. The van der Waals surface area contributed by atoms with Crippen molar-refractivity contribution in [3.8, 4) is 0 Å². The molecule has 14 heavy (non-hydrogen) atoms. The number of nitrogens with two attached hydrogens (primary N) is 1. The van der Waals surface area contributed by atoms with Crippen LogP contribution >= 0.6 is 22.6 Å². The van der Waals surface area contributed by atoms with Crippen LogP contribution in [0.1, 0.15) is 37.9 Å². The van der Waals surface area contributed by atoms with Crippen molar-refractivity contribution in [2.75, 3.05) is 5.73 Å². The Labute approximate surface area is 97.5 Å². The summed E-state index contributed by atoms with van der Waals surface area (Å²) >= 11 is 2.21. The molecule has 0 saturated heterocycles. The fourth-order valence-corrected chi connectivity index (χ4v) is 2.58. The minimum atomic E-state index is 0.534. The maximum atomic E-state index is 5.61. The van der Waals surface area contributed by atoms with E-state index in [1.807, 2.05) is 0 Å². The van der Waals surface area contributed by atoms with Gasteiger partial charge in [-0.15, -0.1) is 0 Å². The predicted molar refractivity (Wildman–Crippen MR) is 63.9 cm³/mol. The third kappa shape index (κ3) is 2.21. The van der Waals surface area contributed by atoms with Crippen LogP contribution in [0.4, 0.5) is 5.82 Å². The topological polar surface area (TPSA) is 52.0 Å². The summed E-state index contributed by atoms with van der Waals surface area (Å²) in [4.78, 5) is 0. The zero-order valence-electron chi connectivity index (χ0n) is 8.13. The lowest BCUT2D eigenvalue weighted by molar-refractivity contribution is 0.368. The van der Waals surface area contributed by atoms with E-state index in [4.69, 9.17) is 10.3 Å². The van der Waals surface area contributed by atoms with Gasteiger partial charge in [-0.1, -0.05) is 30.8 Å². The van der Waals surface area contributed by atoms with Gasteiger partial charge in [0.25, 0.3) is 0 Å². The zero-order chi connectivity index (χ0) is 9.97. The van der Waals surface area contributed by atoms with Crippen molar-refractivity contribution in [2.45, 2.75) is 38.5 Å². The van der Waals surface area contributed by atoms with Gasteiger partial charge >= 0.3 is 0 Å². The summed E-state index contributed by atoms with van der Waals surface area (Å²) in [6.45, 7) is 0. The number of nitrogen functional groups attached to an aromatic ring is 1. The molecule has 1 heterocycles. The van der Waals surface area contributed by atoms with Gasteiger partial charge in [0.2, 0.25) is 0 Å². The fraction of sp³-hybridized carbons (Fsp3) is 0.700. The quantitative estimate of drug-likeness (QED) is 0.874. The molecule has 1 fully saturated rings. The van der Waals surface area contributed by atoms with E-state index in [2.05, 4.69) is 27.7 Å². The Morgan fingerprint density at radius 1 is 1.43 bits per heavy atom. The molecule has 0 atom stereocenters. The number of anilines is 1. The Kier molecular flexibility index (Phi) is 3.30. The van der Waals surface area contributed by atoms with Crippen LogP contribution in [0.2, 0.25) is 0 Å². The van der Waals surface area contributed by atoms with Crippen molar-refractivity contribution in [1.82, 2.24) is 5.16 Å². The molecule has 0 spiro atoms. The van der Waals surface area contributed by atoms with Crippen molar-refractivity contribution >= 4 is 28.4 Å². The molecular weight excluding hydrogens is 291 g/mol. The summed E-state index contributed by atoms with van der Waals surface area (Å²) in [6, 6.07) is 0. The number of aromatic nitrogens is 1. The zero-order valence-corrected chi connectivity index (χ0v) is 10.3. The average Bonchev–Trinajstić information content (AvgIpc) is 2.77. The lowest BCUT2D eigenvalue weighted by Gasteiger charge is -2.05. The molecule has 3 nitrogen and oxygen atoms in total. The Hall–Kier alpha value is -0.260. The molecule has 1 aromatic rings. The molecule has 2 N–H and O–H groups in total. The van der Waals surface area contributed by atoms with Crippen molar-refractivity contribution < 1.29 is 4.52 Å². The van der Waals surface area contributed by atoms with E-state index >= 15 is 0 Å². The van der Waals surface area contributed by atoms with Gasteiger partial charge in [0, 0.05) is 6.42 Å². The van der Waals surface area contributed by atoms with Crippen LogP contribution in [-0.4, -0.2) is 5.16 Å². The first kappa shape index (κ1) is 10.3. The first-order chi connectivity index (χ1) is 6.77. The molecule has 78 valence electrons. The molecule has 4 heteroatoms. The predicted octanol–water partition coefficient (Wildman–Crippen LogP) is 2.98. The van der Waals surface area contributed by atoms with Crippen LogP contribution < -0.4 is 5.73 Å². The second kappa shape index (κ2) is 4.51. The lowest BCUT2D eigenvalue weighted by atomic mass is 10.0. The number of nitrogens with zero attached hydrogens (tertiary/aromatic N) is 1. The molecular formula is C10H15IN2O. The number of hydrogen-bond donors (Lipinski definition) is 1. The highest BCUT2D eigenvalue weighted by molar-refractivity contribution is 14.1.